The van der Waals surface area contributed by atoms with Gasteiger partial charge in [-0.1, -0.05) is 11.8 Å². The second kappa shape index (κ2) is 5.78. The Hall–Kier alpha value is -2.06. The van der Waals surface area contributed by atoms with Crippen LogP contribution < -0.4 is 9.47 Å². The molecule has 1 aromatic carbocycles. The van der Waals surface area contributed by atoms with Crippen molar-refractivity contribution in [2.24, 2.45) is 5.10 Å². The second-order valence-corrected chi connectivity index (χ2v) is 6.79. The van der Waals surface area contributed by atoms with Gasteiger partial charge in [-0.25, -0.2) is 0 Å². The van der Waals surface area contributed by atoms with Gasteiger partial charge in [0.1, 0.15) is 19.3 Å². The Labute approximate surface area is 143 Å². The standard InChI is InChI=1S/C16H16N4O3S/c1-2-13(21-5-1)15-17-18-16-20(15)19-11(9-24-16)10-3-4-12-14(8-10)23-7-6-22-12/h3-4,8,13H,1-2,5-7,9H2/t13-/m1/s1. The molecule has 0 bridgehead atoms. The molecule has 0 amide bonds. The number of nitrogens with zero attached hydrogens (tertiary/aromatic N) is 4. The van der Waals surface area contributed by atoms with Crippen LogP contribution in [-0.2, 0) is 4.74 Å². The number of thioether (sulfide) groups is 1. The molecule has 0 aliphatic carbocycles. The molecule has 1 fully saturated rings. The van der Waals surface area contributed by atoms with Crippen molar-refractivity contribution in [3.63, 3.8) is 0 Å². The minimum absolute atomic E-state index is 0.00443. The van der Waals surface area contributed by atoms with Crippen LogP contribution in [0.2, 0.25) is 0 Å². The molecule has 24 heavy (non-hydrogen) atoms. The normalized spacial score (nSPS) is 22.2. The van der Waals surface area contributed by atoms with Crippen molar-refractivity contribution in [2.45, 2.75) is 24.1 Å². The molecule has 4 heterocycles. The monoisotopic (exact) mass is 344 g/mol. The second-order valence-electron chi connectivity index (χ2n) is 5.85. The van der Waals surface area contributed by atoms with Gasteiger partial charge >= 0.3 is 0 Å². The zero-order valence-electron chi connectivity index (χ0n) is 13.0. The van der Waals surface area contributed by atoms with Gasteiger partial charge in [0.2, 0.25) is 5.16 Å². The van der Waals surface area contributed by atoms with Crippen LogP contribution in [0.4, 0.5) is 0 Å². The molecule has 7 nitrogen and oxygen atoms in total. The van der Waals surface area contributed by atoms with Crippen molar-refractivity contribution >= 4 is 17.5 Å². The predicted molar refractivity (Wildman–Crippen MR) is 88.0 cm³/mol. The zero-order valence-corrected chi connectivity index (χ0v) is 13.8. The first kappa shape index (κ1) is 14.3. The summed E-state index contributed by atoms with van der Waals surface area (Å²) in [6, 6.07) is 5.96. The first-order valence-corrected chi connectivity index (χ1v) is 9.04. The first-order valence-electron chi connectivity index (χ1n) is 8.06. The average molecular weight is 344 g/mol. The summed E-state index contributed by atoms with van der Waals surface area (Å²) in [6.07, 6.45) is 2.02. The third-order valence-corrected chi connectivity index (χ3v) is 5.22. The number of benzene rings is 1. The van der Waals surface area contributed by atoms with Gasteiger partial charge in [0.05, 0.1) is 5.71 Å². The molecular formula is C16H16N4O3S. The Morgan fingerprint density at radius 1 is 1.08 bits per heavy atom. The summed E-state index contributed by atoms with van der Waals surface area (Å²) in [5, 5.41) is 14.1. The third kappa shape index (κ3) is 2.37. The Morgan fingerprint density at radius 2 is 2.00 bits per heavy atom. The van der Waals surface area contributed by atoms with E-state index in [9.17, 15) is 0 Å². The van der Waals surface area contributed by atoms with Gasteiger partial charge in [-0.15, -0.1) is 10.2 Å². The highest BCUT2D eigenvalue weighted by atomic mass is 32.2. The van der Waals surface area contributed by atoms with Crippen LogP contribution in [0.15, 0.2) is 28.5 Å². The maximum Gasteiger partial charge on any atom is 0.212 e. The minimum Gasteiger partial charge on any atom is -0.486 e. The molecule has 0 unspecified atom stereocenters. The molecule has 0 N–H and O–H groups in total. The molecule has 1 aromatic heterocycles. The summed E-state index contributed by atoms with van der Waals surface area (Å²) in [5.74, 6) is 3.12. The molecule has 3 aliphatic heterocycles. The molecule has 3 aliphatic rings. The Bertz CT molecular complexity index is 814. The number of aromatic nitrogens is 3. The van der Waals surface area contributed by atoms with Crippen LogP contribution in [0, 0.1) is 0 Å². The minimum atomic E-state index is -0.00443. The molecule has 2 aromatic rings. The van der Waals surface area contributed by atoms with E-state index in [0.717, 1.165) is 59.0 Å². The van der Waals surface area contributed by atoms with Crippen molar-refractivity contribution in [2.75, 3.05) is 25.6 Å². The number of rotatable bonds is 2. The van der Waals surface area contributed by atoms with Crippen molar-refractivity contribution in [1.29, 1.82) is 0 Å². The molecule has 8 heteroatoms. The number of ether oxygens (including phenoxy) is 3. The number of hydrogen-bond donors (Lipinski definition) is 0. The van der Waals surface area contributed by atoms with E-state index in [1.54, 1.807) is 11.8 Å². The largest absolute Gasteiger partial charge is 0.486 e. The van der Waals surface area contributed by atoms with Crippen molar-refractivity contribution in [1.82, 2.24) is 14.9 Å². The highest BCUT2D eigenvalue weighted by Gasteiger charge is 2.28. The molecule has 1 atom stereocenters. The fourth-order valence-corrected chi connectivity index (χ4v) is 3.93. The first-order chi connectivity index (χ1) is 11.9. The fourth-order valence-electron chi connectivity index (χ4n) is 3.09. The summed E-state index contributed by atoms with van der Waals surface area (Å²) in [7, 11) is 0. The zero-order chi connectivity index (χ0) is 15.9. The molecule has 0 radical (unpaired) electrons. The van der Waals surface area contributed by atoms with Crippen LogP contribution in [0.1, 0.15) is 30.3 Å². The average Bonchev–Trinajstić information content (AvgIpc) is 3.30. The summed E-state index contributed by atoms with van der Waals surface area (Å²) in [4.78, 5) is 0. The summed E-state index contributed by atoms with van der Waals surface area (Å²) >= 11 is 1.64. The Balaban J connectivity index is 1.52. The van der Waals surface area contributed by atoms with Gasteiger partial charge in [-0.3, -0.25) is 0 Å². The van der Waals surface area contributed by atoms with E-state index in [1.165, 1.54) is 0 Å². The van der Waals surface area contributed by atoms with Gasteiger partial charge < -0.3 is 14.2 Å². The van der Waals surface area contributed by atoms with Gasteiger partial charge in [0.25, 0.3) is 0 Å². The van der Waals surface area contributed by atoms with E-state index < -0.39 is 0 Å². The summed E-state index contributed by atoms with van der Waals surface area (Å²) in [5.41, 5.74) is 2.01. The smallest absolute Gasteiger partial charge is 0.212 e. The van der Waals surface area contributed by atoms with E-state index in [2.05, 4.69) is 10.2 Å². The maximum absolute atomic E-state index is 5.74. The highest BCUT2D eigenvalue weighted by molar-refractivity contribution is 7.99. The van der Waals surface area contributed by atoms with Gasteiger partial charge in [0, 0.05) is 17.9 Å². The van der Waals surface area contributed by atoms with E-state index in [0.29, 0.717) is 13.2 Å². The van der Waals surface area contributed by atoms with Crippen molar-refractivity contribution in [3.8, 4) is 11.5 Å². The van der Waals surface area contributed by atoms with E-state index >= 15 is 0 Å². The third-order valence-electron chi connectivity index (χ3n) is 4.29. The lowest BCUT2D eigenvalue weighted by Crippen LogP contribution is -2.18. The van der Waals surface area contributed by atoms with Crippen LogP contribution in [0.3, 0.4) is 0 Å². The predicted octanol–water partition coefficient (Wildman–Crippen LogP) is 2.26. The molecular weight excluding hydrogens is 328 g/mol. The highest BCUT2D eigenvalue weighted by Crippen LogP contribution is 2.34. The molecule has 5 rings (SSSR count). The van der Waals surface area contributed by atoms with Gasteiger partial charge in [-0.2, -0.15) is 9.78 Å². The van der Waals surface area contributed by atoms with Crippen LogP contribution in [0.5, 0.6) is 11.5 Å². The quantitative estimate of drug-likeness (QED) is 0.832. The fraction of sp³-hybridized carbons (Fsp3) is 0.438. The van der Waals surface area contributed by atoms with Gasteiger partial charge in [-0.05, 0) is 31.0 Å². The Morgan fingerprint density at radius 3 is 2.88 bits per heavy atom. The topological polar surface area (TPSA) is 70.8 Å². The number of hydrogen-bond acceptors (Lipinski definition) is 7. The molecule has 0 spiro atoms. The van der Waals surface area contributed by atoms with E-state index in [1.807, 2.05) is 22.9 Å². The van der Waals surface area contributed by atoms with E-state index in [-0.39, 0.29) is 6.10 Å². The number of fused-ring (bicyclic) bond motifs is 2. The van der Waals surface area contributed by atoms with Crippen LogP contribution in [-0.4, -0.2) is 46.2 Å². The van der Waals surface area contributed by atoms with Crippen molar-refractivity contribution < 1.29 is 14.2 Å². The van der Waals surface area contributed by atoms with Gasteiger partial charge in [0.15, 0.2) is 17.3 Å². The maximum atomic E-state index is 5.74. The molecule has 124 valence electrons. The van der Waals surface area contributed by atoms with Crippen LogP contribution >= 0.6 is 11.8 Å². The van der Waals surface area contributed by atoms with Crippen molar-refractivity contribution in [3.05, 3.63) is 29.6 Å². The summed E-state index contributed by atoms with van der Waals surface area (Å²) in [6.45, 7) is 1.95. The Kier molecular flexibility index (Phi) is 3.45. The van der Waals surface area contributed by atoms with Crippen LogP contribution in [0.25, 0.3) is 0 Å². The lowest BCUT2D eigenvalue weighted by atomic mass is 10.1. The lowest BCUT2D eigenvalue weighted by Gasteiger charge is -2.20. The molecule has 0 saturated carbocycles. The van der Waals surface area contributed by atoms with E-state index in [4.69, 9.17) is 19.3 Å². The SMILES string of the molecule is c1cc2c(cc1C1=Nn3c(nnc3[C@H]3CCCO3)SC1)OCCO2. The lowest BCUT2D eigenvalue weighted by molar-refractivity contribution is 0.102. The summed E-state index contributed by atoms with van der Waals surface area (Å²) < 4.78 is 18.8. The molecule has 1 saturated heterocycles.